The molecule has 12 heavy (non-hydrogen) atoms. The summed E-state index contributed by atoms with van der Waals surface area (Å²) < 4.78 is 26.1. The van der Waals surface area contributed by atoms with Crippen LogP contribution in [0.1, 0.15) is 6.42 Å². The summed E-state index contributed by atoms with van der Waals surface area (Å²) in [5, 5.41) is 0. The second kappa shape index (κ2) is 2.35. The fraction of sp³-hybridized carbons (Fsp3) is 0.833. The first-order chi connectivity index (χ1) is 5.50. The summed E-state index contributed by atoms with van der Waals surface area (Å²) in [4.78, 5) is 10.7. The summed E-state index contributed by atoms with van der Waals surface area (Å²) in [6.07, 6.45) is -0.420. The van der Waals surface area contributed by atoms with Crippen LogP contribution >= 0.6 is 11.6 Å². The van der Waals surface area contributed by atoms with Crippen molar-refractivity contribution < 1.29 is 17.9 Å². The fourth-order valence-corrected chi connectivity index (χ4v) is 3.89. The molecule has 0 saturated carbocycles. The van der Waals surface area contributed by atoms with Crippen LogP contribution in [0.3, 0.4) is 0 Å². The maximum Gasteiger partial charge on any atom is 0.306 e. The quantitative estimate of drug-likeness (QED) is 0.414. The number of hydrogen-bond acceptors (Lipinski definition) is 4. The zero-order valence-corrected chi connectivity index (χ0v) is 7.64. The number of fused-ring (bicyclic) bond motifs is 1. The number of alkyl halides is 1. The maximum absolute atomic E-state index is 11.2. The van der Waals surface area contributed by atoms with Gasteiger partial charge in [-0.25, -0.2) is 8.42 Å². The van der Waals surface area contributed by atoms with Crippen molar-refractivity contribution in [3.63, 3.8) is 0 Å². The van der Waals surface area contributed by atoms with E-state index in [1.54, 1.807) is 0 Å². The van der Waals surface area contributed by atoms with Gasteiger partial charge in [0.1, 0.15) is 6.10 Å². The van der Waals surface area contributed by atoms with Crippen molar-refractivity contribution in [2.24, 2.45) is 5.92 Å². The number of halogens is 1. The molecule has 4 nitrogen and oxygen atoms in total. The van der Waals surface area contributed by atoms with Gasteiger partial charge in [0.05, 0.1) is 12.2 Å². The van der Waals surface area contributed by atoms with Crippen molar-refractivity contribution >= 4 is 27.4 Å². The van der Waals surface area contributed by atoms with Gasteiger partial charge >= 0.3 is 5.97 Å². The van der Waals surface area contributed by atoms with Crippen LogP contribution in [0.25, 0.3) is 0 Å². The molecule has 68 valence electrons. The van der Waals surface area contributed by atoms with E-state index < -0.39 is 20.7 Å². The van der Waals surface area contributed by atoms with E-state index in [0.717, 1.165) is 0 Å². The Morgan fingerprint density at radius 3 is 2.75 bits per heavy atom. The van der Waals surface area contributed by atoms with Crippen molar-refractivity contribution in [1.82, 2.24) is 0 Å². The molecule has 0 radical (unpaired) electrons. The SMILES string of the molecule is O=C1C[C@H]2CS(=O)(=O)[C@@H](Cl)[C@@H]2O1. The van der Waals surface area contributed by atoms with Crippen molar-refractivity contribution in [1.29, 1.82) is 0 Å². The first-order valence-electron chi connectivity index (χ1n) is 3.56. The normalized spacial score (nSPS) is 44.1. The van der Waals surface area contributed by atoms with Gasteiger partial charge in [-0.2, -0.15) is 0 Å². The summed E-state index contributed by atoms with van der Waals surface area (Å²) in [6.45, 7) is 0. The van der Waals surface area contributed by atoms with Gasteiger partial charge in [0.25, 0.3) is 0 Å². The highest BCUT2D eigenvalue weighted by atomic mass is 35.5. The van der Waals surface area contributed by atoms with Crippen LogP contribution in [0.15, 0.2) is 0 Å². The zero-order chi connectivity index (χ0) is 8.93. The van der Waals surface area contributed by atoms with E-state index in [2.05, 4.69) is 0 Å². The molecule has 0 unspecified atom stereocenters. The van der Waals surface area contributed by atoms with Crippen LogP contribution in [0.2, 0.25) is 0 Å². The molecule has 2 rings (SSSR count). The Kier molecular flexibility index (Phi) is 1.63. The van der Waals surface area contributed by atoms with Gasteiger partial charge in [0.2, 0.25) is 0 Å². The molecule has 0 aromatic carbocycles. The molecule has 2 aliphatic heterocycles. The molecule has 2 heterocycles. The third kappa shape index (κ3) is 1.03. The summed E-state index contributed by atoms with van der Waals surface area (Å²) in [7, 11) is -3.22. The van der Waals surface area contributed by atoms with Gasteiger partial charge in [0.15, 0.2) is 14.5 Å². The summed E-state index contributed by atoms with van der Waals surface area (Å²) in [5.74, 6) is -0.576. The maximum atomic E-state index is 11.2. The van der Waals surface area contributed by atoms with E-state index in [1.165, 1.54) is 0 Å². The molecular formula is C6H7ClO4S. The standard InChI is InChI=1S/C6H7ClO4S/c7-6-5-3(1-4(8)11-5)2-12(6,9)10/h3,5-6H,1-2H2/t3-,5+,6+/m0/s1. The average Bonchev–Trinajstić information content (AvgIpc) is 2.35. The monoisotopic (exact) mass is 210 g/mol. The van der Waals surface area contributed by atoms with E-state index in [-0.39, 0.29) is 24.1 Å². The van der Waals surface area contributed by atoms with Gasteiger partial charge < -0.3 is 4.74 Å². The molecule has 6 heteroatoms. The lowest BCUT2D eigenvalue weighted by atomic mass is 10.1. The van der Waals surface area contributed by atoms with Crippen LogP contribution in [0.5, 0.6) is 0 Å². The molecule has 0 spiro atoms. The van der Waals surface area contributed by atoms with Gasteiger partial charge in [-0.3, -0.25) is 4.79 Å². The highest BCUT2D eigenvalue weighted by molar-refractivity contribution is 7.93. The Bertz CT molecular complexity index is 322. The average molecular weight is 211 g/mol. The second-order valence-electron chi connectivity index (χ2n) is 3.10. The molecule has 0 aromatic rings. The van der Waals surface area contributed by atoms with E-state index in [1.807, 2.05) is 0 Å². The first kappa shape index (κ1) is 8.31. The zero-order valence-electron chi connectivity index (χ0n) is 6.07. The van der Waals surface area contributed by atoms with Crippen LogP contribution in [-0.2, 0) is 19.4 Å². The second-order valence-corrected chi connectivity index (χ2v) is 6.00. The highest BCUT2D eigenvalue weighted by Crippen LogP contribution is 2.38. The van der Waals surface area contributed by atoms with E-state index >= 15 is 0 Å². The van der Waals surface area contributed by atoms with Crippen molar-refractivity contribution in [2.75, 3.05) is 5.75 Å². The largest absolute Gasteiger partial charge is 0.459 e. The lowest BCUT2D eigenvalue weighted by Crippen LogP contribution is -2.22. The number of esters is 1. The predicted octanol–water partition coefficient (Wildman–Crippen LogP) is -0.0886. The Hall–Kier alpha value is -0.290. The minimum Gasteiger partial charge on any atom is -0.459 e. The smallest absolute Gasteiger partial charge is 0.306 e. The molecule has 0 aliphatic carbocycles. The molecule has 2 saturated heterocycles. The van der Waals surface area contributed by atoms with Crippen molar-refractivity contribution in [3.8, 4) is 0 Å². The van der Waals surface area contributed by atoms with Gasteiger partial charge in [-0.1, -0.05) is 0 Å². The first-order valence-corrected chi connectivity index (χ1v) is 5.71. The molecule has 0 N–H and O–H groups in total. The summed E-state index contributed by atoms with van der Waals surface area (Å²) in [6, 6.07) is 0. The number of carbonyl (C=O) groups excluding carboxylic acids is 1. The number of hydrogen-bond donors (Lipinski definition) is 0. The predicted molar refractivity (Wildman–Crippen MR) is 41.4 cm³/mol. The van der Waals surface area contributed by atoms with Gasteiger partial charge in [-0.15, -0.1) is 11.6 Å². The third-order valence-corrected chi connectivity index (χ3v) is 5.12. The van der Waals surface area contributed by atoms with E-state index in [4.69, 9.17) is 16.3 Å². The third-order valence-electron chi connectivity index (χ3n) is 2.21. The Morgan fingerprint density at radius 1 is 1.50 bits per heavy atom. The van der Waals surface area contributed by atoms with Gasteiger partial charge in [-0.05, 0) is 0 Å². The van der Waals surface area contributed by atoms with Gasteiger partial charge in [0, 0.05) is 5.92 Å². The molecule has 2 fully saturated rings. The lowest BCUT2D eigenvalue weighted by molar-refractivity contribution is -0.140. The molecule has 0 bridgehead atoms. The van der Waals surface area contributed by atoms with Crippen LogP contribution < -0.4 is 0 Å². The van der Waals surface area contributed by atoms with Crippen molar-refractivity contribution in [3.05, 3.63) is 0 Å². The topological polar surface area (TPSA) is 60.4 Å². The van der Waals surface area contributed by atoms with Crippen LogP contribution in [0.4, 0.5) is 0 Å². The van der Waals surface area contributed by atoms with Crippen LogP contribution in [0, 0.1) is 5.92 Å². The highest BCUT2D eigenvalue weighted by Gasteiger charge is 2.52. The minimum absolute atomic E-state index is 0.0163. The summed E-state index contributed by atoms with van der Waals surface area (Å²) in [5.41, 5.74) is 0. The Balaban J connectivity index is 2.30. The number of carbonyl (C=O) groups is 1. The number of rotatable bonds is 0. The fourth-order valence-electron chi connectivity index (χ4n) is 1.64. The lowest BCUT2D eigenvalue weighted by Gasteiger charge is -2.08. The Labute approximate surface area is 74.8 Å². The van der Waals surface area contributed by atoms with Crippen molar-refractivity contribution in [2.45, 2.75) is 17.2 Å². The molecule has 2 aliphatic rings. The molecule has 0 amide bonds. The number of ether oxygens (including phenoxy) is 1. The van der Waals surface area contributed by atoms with E-state index in [0.29, 0.717) is 0 Å². The van der Waals surface area contributed by atoms with E-state index in [9.17, 15) is 13.2 Å². The summed E-state index contributed by atoms with van der Waals surface area (Å²) >= 11 is 5.60. The molecule has 3 atom stereocenters. The minimum atomic E-state index is -3.22. The molecular weight excluding hydrogens is 204 g/mol. The number of sulfone groups is 1. The molecule has 0 aromatic heterocycles. The van der Waals surface area contributed by atoms with Crippen LogP contribution in [-0.4, -0.2) is 31.0 Å². The Morgan fingerprint density at radius 2 is 2.17 bits per heavy atom.